The molecule has 1 aliphatic carbocycles. The highest BCUT2D eigenvalue weighted by Gasteiger charge is 2.43. The number of hydrogen-bond donors (Lipinski definition) is 2. The van der Waals surface area contributed by atoms with Crippen molar-refractivity contribution in [3.05, 3.63) is 52.9 Å². The quantitative estimate of drug-likeness (QED) is 0.424. The minimum absolute atomic E-state index is 0.00402. The summed E-state index contributed by atoms with van der Waals surface area (Å²) in [5.74, 6) is 0.402. The summed E-state index contributed by atoms with van der Waals surface area (Å²) in [6, 6.07) is 10.8. The Morgan fingerprint density at radius 2 is 1.82 bits per heavy atom. The van der Waals surface area contributed by atoms with E-state index in [0.29, 0.717) is 5.92 Å². The van der Waals surface area contributed by atoms with E-state index >= 15 is 0 Å². The molecule has 1 aliphatic rings. The third kappa shape index (κ3) is 6.03. The van der Waals surface area contributed by atoms with Crippen LogP contribution in [0.15, 0.2) is 47.4 Å². The van der Waals surface area contributed by atoms with Crippen LogP contribution in [0, 0.1) is 5.92 Å². The average Bonchev–Trinajstić information content (AvgIpc) is 2.81. The molecule has 3 rings (SSSR count). The van der Waals surface area contributed by atoms with Gasteiger partial charge in [0.25, 0.3) is 11.5 Å². The largest absolute Gasteiger partial charge is 0.493 e. The second-order valence-electron chi connectivity index (χ2n) is 8.98. The van der Waals surface area contributed by atoms with E-state index in [1.807, 2.05) is 24.3 Å². The van der Waals surface area contributed by atoms with Crippen molar-refractivity contribution >= 4 is 15.7 Å². The third-order valence-electron chi connectivity index (χ3n) is 6.62. The van der Waals surface area contributed by atoms with Crippen molar-refractivity contribution in [2.75, 3.05) is 12.9 Å². The van der Waals surface area contributed by atoms with E-state index in [9.17, 15) is 18.0 Å². The number of rotatable bonds is 9. The summed E-state index contributed by atoms with van der Waals surface area (Å²) in [4.78, 5) is 24.6. The molecule has 1 heterocycles. The number of aromatic nitrogens is 1. The maximum atomic E-state index is 12.6. The number of carbonyl (C=O) groups excluding carboxylic acids is 1. The van der Waals surface area contributed by atoms with Gasteiger partial charge in [-0.15, -0.1) is 0 Å². The van der Waals surface area contributed by atoms with E-state index in [2.05, 4.69) is 0 Å². The van der Waals surface area contributed by atoms with Gasteiger partial charge in [0.15, 0.2) is 14.6 Å². The second kappa shape index (κ2) is 10.5. The number of hydroxylamine groups is 1. The molecule has 33 heavy (non-hydrogen) atoms. The number of hydrogen-bond acceptors (Lipinski definition) is 6. The van der Waals surface area contributed by atoms with Crippen LogP contribution in [-0.4, -0.2) is 41.7 Å². The molecule has 9 heteroatoms. The Morgan fingerprint density at radius 1 is 1.15 bits per heavy atom. The highest BCUT2D eigenvalue weighted by molar-refractivity contribution is 7.92. The molecule has 0 spiro atoms. The SMILES string of the molecule is C[C@@](CCn1ccc(-c2ccc(OCC3CCCCC3)cc2)cc1=O)(C(=O)NO)S(C)(=O)=O. The first-order valence-electron chi connectivity index (χ1n) is 11.2. The predicted molar refractivity (Wildman–Crippen MR) is 126 cm³/mol. The molecule has 0 saturated heterocycles. The molecular formula is C24H32N2O6S. The van der Waals surface area contributed by atoms with Gasteiger partial charge in [0.05, 0.1) is 6.61 Å². The van der Waals surface area contributed by atoms with E-state index in [-0.39, 0.29) is 18.5 Å². The van der Waals surface area contributed by atoms with E-state index in [1.54, 1.807) is 12.3 Å². The van der Waals surface area contributed by atoms with Gasteiger partial charge in [-0.3, -0.25) is 14.8 Å². The lowest BCUT2D eigenvalue weighted by atomic mass is 9.90. The number of pyridine rings is 1. The molecule has 1 aromatic heterocycles. The zero-order valence-corrected chi connectivity index (χ0v) is 19.9. The Labute approximate surface area is 194 Å². The topological polar surface area (TPSA) is 115 Å². The van der Waals surface area contributed by atoms with Crippen LogP contribution in [0.25, 0.3) is 11.1 Å². The van der Waals surface area contributed by atoms with Gasteiger partial charge in [-0.05, 0) is 61.4 Å². The van der Waals surface area contributed by atoms with Gasteiger partial charge >= 0.3 is 0 Å². The van der Waals surface area contributed by atoms with Crippen molar-refractivity contribution in [3.8, 4) is 16.9 Å². The van der Waals surface area contributed by atoms with E-state index < -0.39 is 20.5 Å². The Balaban J connectivity index is 1.66. The summed E-state index contributed by atoms with van der Waals surface area (Å²) < 4.78 is 29.6. The first kappa shape index (κ1) is 25.0. The molecule has 0 unspecified atom stereocenters. The molecule has 2 N–H and O–H groups in total. The lowest BCUT2D eigenvalue weighted by Crippen LogP contribution is -2.49. The van der Waals surface area contributed by atoms with Crippen molar-refractivity contribution < 1.29 is 23.2 Å². The van der Waals surface area contributed by atoms with Gasteiger partial charge in [-0.2, -0.15) is 0 Å². The molecule has 1 atom stereocenters. The highest BCUT2D eigenvalue weighted by Crippen LogP contribution is 2.26. The summed E-state index contributed by atoms with van der Waals surface area (Å²) in [5.41, 5.74) is 2.69. The normalized spacial score (nSPS) is 16.7. The Hall–Kier alpha value is -2.65. The summed E-state index contributed by atoms with van der Waals surface area (Å²) in [6.07, 6.45) is 8.66. The number of nitrogens with one attached hydrogen (secondary N) is 1. The minimum Gasteiger partial charge on any atom is -0.493 e. The molecule has 1 saturated carbocycles. The van der Waals surface area contributed by atoms with Crippen molar-refractivity contribution in [2.24, 2.45) is 5.92 Å². The number of benzene rings is 1. The molecule has 8 nitrogen and oxygen atoms in total. The molecule has 0 radical (unpaired) electrons. The van der Waals surface area contributed by atoms with E-state index in [1.165, 1.54) is 55.1 Å². The molecule has 1 fully saturated rings. The fraction of sp³-hybridized carbons (Fsp3) is 0.500. The Morgan fingerprint density at radius 3 is 2.39 bits per heavy atom. The summed E-state index contributed by atoms with van der Waals surface area (Å²) in [5, 5.41) is 8.93. The van der Waals surface area contributed by atoms with Crippen LogP contribution < -0.4 is 15.8 Å². The first-order valence-corrected chi connectivity index (χ1v) is 13.1. The molecule has 180 valence electrons. The molecular weight excluding hydrogens is 444 g/mol. The van der Waals surface area contributed by atoms with Gasteiger partial charge in [-0.1, -0.05) is 31.4 Å². The van der Waals surface area contributed by atoms with E-state index in [0.717, 1.165) is 29.7 Å². The first-order chi connectivity index (χ1) is 15.6. The molecule has 0 bridgehead atoms. The van der Waals surface area contributed by atoms with Crippen molar-refractivity contribution in [1.29, 1.82) is 0 Å². The number of ether oxygens (including phenoxy) is 1. The predicted octanol–water partition coefficient (Wildman–Crippen LogP) is 3.17. The van der Waals surface area contributed by atoms with Crippen LogP contribution in [0.3, 0.4) is 0 Å². The van der Waals surface area contributed by atoms with Crippen molar-refractivity contribution in [3.63, 3.8) is 0 Å². The average molecular weight is 477 g/mol. The fourth-order valence-corrected chi connectivity index (χ4v) is 4.95. The number of nitrogens with zero attached hydrogens (tertiary/aromatic N) is 1. The number of aryl methyl sites for hydroxylation is 1. The molecule has 1 aromatic carbocycles. The number of amides is 1. The highest BCUT2D eigenvalue weighted by atomic mass is 32.2. The van der Waals surface area contributed by atoms with Crippen LogP contribution in [0.1, 0.15) is 45.4 Å². The van der Waals surface area contributed by atoms with Crippen LogP contribution >= 0.6 is 0 Å². The second-order valence-corrected chi connectivity index (χ2v) is 11.4. The lowest BCUT2D eigenvalue weighted by molar-refractivity contribution is -0.131. The van der Waals surface area contributed by atoms with Gasteiger partial charge in [0.2, 0.25) is 0 Å². The number of carbonyl (C=O) groups is 1. The van der Waals surface area contributed by atoms with Crippen molar-refractivity contribution in [1.82, 2.24) is 10.0 Å². The fourth-order valence-electron chi connectivity index (χ4n) is 4.10. The van der Waals surface area contributed by atoms with Crippen LogP contribution in [0.2, 0.25) is 0 Å². The third-order valence-corrected chi connectivity index (χ3v) is 8.65. The smallest absolute Gasteiger partial charge is 0.264 e. The molecule has 1 amide bonds. The van der Waals surface area contributed by atoms with Gasteiger partial charge in [0.1, 0.15) is 5.75 Å². The summed E-state index contributed by atoms with van der Waals surface area (Å²) in [6.45, 7) is 1.96. The zero-order valence-electron chi connectivity index (χ0n) is 19.1. The van der Waals surface area contributed by atoms with Gasteiger partial charge in [0, 0.05) is 25.1 Å². The van der Waals surface area contributed by atoms with Gasteiger partial charge < -0.3 is 9.30 Å². The van der Waals surface area contributed by atoms with Crippen LogP contribution in [0.4, 0.5) is 0 Å². The maximum Gasteiger partial charge on any atom is 0.264 e. The lowest BCUT2D eigenvalue weighted by Gasteiger charge is -2.25. The minimum atomic E-state index is -3.83. The summed E-state index contributed by atoms with van der Waals surface area (Å²) in [7, 11) is -3.83. The maximum absolute atomic E-state index is 12.6. The van der Waals surface area contributed by atoms with Crippen LogP contribution in [-0.2, 0) is 21.2 Å². The number of sulfone groups is 1. The Kier molecular flexibility index (Phi) is 7.97. The standard InChI is InChI=1S/C24H32N2O6S/c1-24(23(28)25-29,33(2,30)31)13-15-26-14-12-20(16-22(26)27)19-8-10-21(11-9-19)32-17-18-6-4-3-5-7-18/h8-12,14,16,18,29H,3-7,13,15,17H2,1-2H3,(H,25,28)/t24-/m1/s1. The Bertz CT molecular complexity index is 1120. The molecule has 0 aliphatic heterocycles. The monoisotopic (exact) mass is 476 g/mol. The van der Waals surface area contributed by atoms with E-state index in [4.69, 9.17) is 9.94 Å². The molecule has 2 aromatic rings. The van der Waals surface area contributed by atoms with Crippen LogP contribution in [0.5, 0.6) is 5.75 Å². The summed E-state index contributed by atoms with van der Waals surface area (Å²) >= 11 is 0. The zero-order chi connectivity index (χ0) is 24.1. The van der Waals surface area contributed by atoms with Crippen molar-refractivity contribution in [2.45, 2.75) is 56.7 Å². The van der Waals surface area contributed by atoms with Gasteiger partial charge in [-0.25, -0.2) is 13.9 Å².